The summed E-state index contributed by atoms with van der Waals surface area (Å²) in [4.78, 5) is 4.89. The van der Waals surface area contributed by atoms with Gasteiger partial charge < -0.3 is 14.2 Å². The second kappa shape index (κ2) is 15.2. The number of fused-ring (bicyclic) bond motifs is 11. The van der Waals surface area contributed by atoms with Crippen LogP contribution in [0.3, 0.4) is 0 Å². The van der Waals surface area contributed by atoms with Crippen molar-refractivity contribution >= 4 is 141 Å². The first-order valence-corrected chi connectivity index (χ1v) is 24.3. The van der Waals surface area contributed by atoms with Gasteiger partial charge in [-0.2, -0.15) is 0 Å². The van der Waals surface area contributed by atoms with E-state index in [9.17, 15) is 0 Å². The monoisotopic (exact) mass is 890 g/mol. The Morgan fingerprint density at radius 1 is 0.284 bits per heavy atom. The standard InChI is InChI=1S/C62H38N2OS2/c1-3-17-45(18-4-1)63(47-26-23-39-13-7-8-14-40(39)31-47)49-36-55-54-34-44(43-24-29-57-52(33-43)53-32-41-15-9-10-16-42(41)35-58(53)65-57)25-30-60(54)67-62(55)56(37-49)64(46-19-5-2-6-20-46)48-27-28-51-50-21-11-12-22-59(50)66-61(51)38-48/h1-38H. The number of nitrogens with zero attached hydrogens (tertiary/aromatic N) is 2. The van der Waals surface area contributed by atoms with E-state index in [1.54, 1.807) is 0 Å². The van der Waals surface area contributed by atoms with Crippen LogP contribution in [0.4, 0.5) is 34.1 Å². The fourth-order valence-electron chi connectivity index (χ4n) is 10.2. The second-order valence-electron chi connectivity index (χ2n) is 17.3. The van der Waals surface area contributed by atoms with Crippen LogP contribution in [-0.2, 0) is 0 Å². The van der Waals surface area contributed by atoms with Crippen molar-refractivity contribution in [3.05, 3.63) is 231 Å². The van der Waals surface area contributed by atoms with Crippen LogP contribution in [0.1, 0.15) is 0 Å². The van der Waals surface area contributed by atoms with Crippen molar-refractivity contribution < 1.29 is 4.42 Å². The number of rotatable bonds is 7. The van der Waals surface area contributed by atoms with E-state index in [0.717, 1.165) is 61.6 Å². The van der Waals surface area contributed by atoms with E-state index >= 15 is 0 Å². The van der Waals surface area contributed by atoms with E-state index in [0.29, 0.717) is 0 Å². The molecule has 67 heavy (non-hydrogen) atoms. The lowest BCUT2D eigenvalue weighted by Gasteiger charge is -2.30. The number of hydrogen-bond donors (Lipinski definition) is 0. The van der Waals surface area contributed by atoms with Gasteiger partial charge in [0, 0.05) is 74.9 Å². The molecule has 14 rings (SSSR count). The first kappa shape index (κ1) is 38.1. The molecule has 0 aliphatic heterocycles. The zero-order valence-corrected chi connectivity index (χ0v) is 37.7. The van der Waals surface area contributed by atoms with Crippen LogP contribution in [0.15, 0.2) is 235 Å². The van der Waals surface area contributed by atoms with Gasteiger partial charge in [-0.15, -0.1) is 22.7 Å². The predicted octanol–water partition coefficient (Wildman–Crippen LogP) is 19.2. The van der Waals surface area contributed by atoms with Crippen LogP contribution < -0.4 is 9.80 Å². The maximum Gasteiger partial charge on any atom is 0.136 e. The molecule has 0 N–H and O–H groups in total. The van der Waals surface area contributed by atoms with Crippen molar-refractivity contribution in [3.8, 4) is 11.1 Å². The zero-order valence-electron chi connectivity index (χ0n) is 36.1. The second-order valence-corrected chi connectivity index (χ2v) is 19.5. The zero-order chi connectivity index (χ0) is 44.0. The molecule has 0 saturated heterocycles. The van der Waals surface area contributed by atoms with Crippen molar-refractivity contribution in [1.29, 1.82) is 0 Å². The van der Waals surface area contributed by atoms with Crippen LogP contribution in [0.2, 0.25) is 0 Å². The molecule has 11 aromatic carbocycles. The van der Waals surface area contributed by atoms with E-state index in [2.05, 4.69) is 240 Å². The van der Waals surface area contributed by atoms with Gasteiger partial charge in [-0.3, -0.25) is 0 Å². The number of anilines is 6. The Balaban J connectivity index is 1.03. The molecular weight excluding hydrogens is 853 g/mol. The lowest BCUT2D eigenvalue weighted by molar-refractivity contribution is 0.669. The van der Waals surface area contributed by atoms with Crippen LogP contribution in [0, 0.1) is 0 Å². The van der Waals surface area contributed by atoms with Crippen LogP contribution in [-0.4, -0.2) is 0 Å². The maximum atomic E-state index is 6.44. The number of thiophene rings is 2. The molecular formula is C62H38N2OS2. The van der Waals surface area contributed by atoms with Gasteiger partial charge in [-0.25, -0.2) is 0 Å². The molecule has 3 aromatic heterocycles. The largest absolute Gasteiger partial charge is 0.456 e. The summed E-state index contributed by atoms with van der Waals surface area (Å²) in [5.41, 5.74) is 10.8. The minimum absolute atomic E-state index is 0.898. The highest BCUT2D eigenvalue weighted by Gasteiger charge is 2.24. The fourth-order valence-corrected chi connectivity index (χ4v) is 12.5. The summed E-state index contributed by atoms with van der Waals surface area (Å²) < 4.78 is 11.5. The van der Waals surface area contributed by atoms with Crippen LogP contribution in [0.25, 0.3) is 95.0 Å². The van der Waals surface area contributed by atoms with Crippen molar-refractivity contribution in [2.45, 2.75) is 0 Å². The summed E-state index contributed by atoms with van der Waals surface area (Å²) in [6.07, 6.45) is 0. The highest BCUT2D eigenvalue weighted by atomic mass is 32.1. The molecule has 0 saturated carbocycles. The van der Waals surface area contributed by atoms with E-state index in [1.165, 1.54) is 67.5 Å². The lowest BCUT2D eigenvalue weighted by atomic mass is 9.99. The van der Waals surface area contributed by atoms with E-state index < -0.39 is 0 Å². The molecule has 5 heteroatoms. The highest BCUT2D eigenvalue weighted by molar-refractivity contribution is 7.26. The summed E-state index contributed by atoms with van der Waals surface area (Å²) in [7, 11) is 0. The molecule has 0 aliphatic rings. The Bertz CT molecular complexity index is 4240. The number of para-hydroxylation sites is 2. The SMILES string of the molecule is c1ccc(N(c2ccc3ccccc3c2)c2cc(N(c3ccccc3)c3ccc4c(c3)sc3ccccc34)c3sc4ccc(-c5ccc6oc7cc8ccccc8cc7c6c5)cc4c3c2)cc1. The van der Waals surface area contributed by atoms with Gasteiger partial charge in [-0.1, -0.05) is 127 Å². The lowest BCUT2D eigenvalue weighted by Crippen LogP contribution is -2.13. The third-order valence-corrected chi connectivity index (χ3v) is 15.7. The van der Waals surface area contributed by atoms with E-state index in [-0.39, 0.29) is 0 Å². The minimum Gasteiger partial charge on any atom is -0.456 e. The van der Waals surface area contributed by atoms with Gasteiger partial charge >= 0.3 is 0 Å². The molecule has 0 bridgehead atoms. The van der Waals surface area contributed by atoms with Gasteiger partial charge in [0.1, 0.15) is 11.2 Å². The molecule has 314 valence electrons. The molecule has 0 aliphatic carbocycles. The molecule has 0 amide bonds. The first-order valence-electron chi connectivity index (χ1n) is 22.6. The van der Waals surface area contributed by atoms with Gasteiger partial charge in [0.2, 0.25) is 0 Å². The van der Waals surface area contributed by atoms with Gasteiger partial charge in [0.25, 0.3) is 0 Å². The fraction of sp³-hybridized carbons (Fsp3) is 0. The summed E-state index contributed by atoms with van der Waals surface area (Å²) in [6, 6.07) is 84.2. The molecule has 0 spiro atoms. The van der Waals surface area contributed by atoms with Gasteiger partial charge in [0.05, 0.1) is 10.4 Å². The van der Waals surface area contributed by atoms with Crippen molar-refractivity contribution in [1.82, 2.24) is 0 Å². The quantitative estimate of drug-likeness (QED) is 0.159. The highest BCUT2D eigenvalue weighted by Crippen LogP contribution is 2.51. The topological polar surface area (TPSA) is 19.6 Å². The van der Waals surface area contributed by atoms with Crippen molar-refractivity contribution in [3.63, 3.8) is 0 Å². The number of furan rings is 1. The molecule has 3 nitrogen and oxygen atoms in total. The van der Waals surface area contributed by atoms with Crippen LogP contribution >= 0.6 is 22.7 Å². The smallest absolute Gasteiger partial charge is 0.136 e. The Kier molecular flexibility index (Phi) is 8.63. The molecule has 3 heterocycles. The number of hydrogen-bond acceptors (Lipinski definition) is 5. The minimum atomic E-state index is 0.898. The Hall–Kier alpha value is -8.22. The summed E-state index contributed by atoms with van der Waals surface area (Å²) in [5, 5.41) is 12.1. The average molecular weight is 891 g/mol. The van der Waals surface area contributed by atoms with Gasteiger partial charge in [-0.05, 0) is 136 Å². The molecule has 0 radical (unpaired) electrons. The van der Waals surface area contributed by atoms with Crippen molar-refractivity contribution in [2.24, 2.45) is 0 Å². The normalized spacial score (nSPS) is 11.9. The third-order valence-electron chi connectivity index (χ3n) is 13.3. The van der Waals surface area contributed by atoms with Gasteiger partial charge in [0.15, 0.2) is 0 Å². The Morgan fingerprint density at radius 3 is 1.69 bits per heavy atom. The third kappa shape index (κ3) is 6.31. The van der Waals surface area contributed by atoms with E-state index in [4.69, 9.17) is 4.42 Å². The number of benzene rings is 11. The maximum absolute atomic E-state index is 6.44. The summed E-state index contributed by atoms with van der Waals surface area (Å²) >= 11 is 3.72. The Labute approximate surface area is 394 Å². The van der Waals surface area contributed by atoms with E-state index in [1.807, 2.05) is 22.7 Å². The Morgan fingerprint density at radius 2 is 0.881 bits per heavy atom. The summed E-state index contributed by atoms with van der Waals surface area (Å²) in [6.45, 7) is 0. The molecule has 14 aromatic rings. The first-order chi connectivity index (χ1) is 33.2. The average Bonchev–Trinajstić information content (AvgIpc) is 4.07. The predicted molar refractivity (Wildman–Crippen MR) is 289 cm³/mol. The van der Waals surface area contributed by atoms with Crippen LogP contribution in [0.5, 0.6) is 0 Å². The molecule has 0 atom stereocenters. The molecule has 0 unspecified atom stereocenters. The summed E-state index contributed by atoms with van der Waals surface area (Å²) in [5.74, 6) is 0. The molecule has 0 fully saturated rings. The van der Waals surface area contributed by atoms with Crippen molar-refractivity contribution in [2.75, 3.05) is 9.80 Å².